The average molecular weight is 369 g/mol. The molecular weight excluding hydrogens is 344 g/mol. The Morgan fingerprint density at radius 2 is 1.85 bits per heavy atom. The van der Waals surface area contributed by atoms with Crippen molar-refractivity contribution in [3.8, 4) is 11.8 Å². The van der Waals surface area contributed by atoms with Gasteiger partial charge in [-0.2, -0.15) is 0 Å². The Morgan fingerprint density at radius 3 is 2.41 bits per heavy atom. The molecule has 0 radical (unpaired) electrons. The molecule has 27 heavy (non-hydrogen) atoms. The van der Waals surface area contributed by atoms with Crippen molar-refractivity contribution in [2.75, 3.05) is 13.1 Å². The van der Waals surface area contributed by atoms with Gasteiger partial charge in [0.2, 0.25) is 5.91 Å². The smallest absolute Gasteiger partial charge is 0.398 e. The van der Waals surface area contributed by atoms with E-state index in [4.69, 9.17) is 9.31 Å². The Labute approximate surface area is 160 Å². The van der Waals surface area contributed by atoms with Gasteiger partial charge in [-0.25, -0.2) is 4.39 Å². The molecule has 0 aliphatic carbocycles. The largest absolute Gasteiger partial charge is 0.525 e. The number of hydrogen-bond acceptors (Lipinski definition) is 3. The van der Waals surface area contributed by atoms with Crippen molar-refractivity contribution in [2.45, 2.75) is 51.7 Å². The highest BCUT2D eigenvalue weighted by molar-refractivity contribution is 6.54. The molecule has 2 fully saturated rings. The van der Waals surface area contributed by atoms with Crippen LogP contribution in [0.15, 0.2) is 30.0 Å². The topological polar surface area (TPSA) is 38.8 Å². The number of amides is 1. The number of carbonyl (C=O) groups is 1. The predicted molar refractivity (Wildman–Crippen MR) is 104 cm³/mol. The van der Waals surface area contributed by atoms with Crippen LogP contribution < -0.4 is 0 Å². The fraction of sp³-hybridized carbons (Fsp3) is 0.476. The summed E-state index contributed by atoms with van der Waals surface area (Å²) in [6.45, 7) is 8.81. The van der Waals surface area contributed by atoms with Crippen molar-refractivity contribution in [3.63, 3.8) is 0 Å². The van der Waals surface area contributed by atoms with E-state index in [0.29, 0.717) is 18.5 Å². The minimum atomic E-state index is -0.993. The first kappa shape index (κ1) is 19.7. The normalized spacial score (nSPS) is 21.4. The predicted octanol–water partition coefficient (Wildman–Crippen LogP) is 3.60. The summed E-state index contributed by atoms with van der Waals surface area (Å²) < 4.78 is 26.0. The van der Waals surface area contributed by atoms with Gasteiger partial charge in [-0.1, -0.05) is 24.0 Å². The fourth-order valence-corrected chi connectivity index (χ4v) is 2.95. The lowest BCUT2D eigenvalue weighted by Gasteiger charge is -2.32. The number of likely N-dealkylation sites (tertiary alicyclic amines) is 1. The van der Waals surface area contributed by atoms with Gasteiger partial charge in [-0.3, -0.25) is 4.79 Å². The maximum Gasteiger partial charge on any atom is 0.525 e. The third-order valence-corrected chi connectivity index (χ3v) is 5.37. The van der Waals surface area contributed by atoms with Gasteiger partial charge in [-0.15, -0.1) is 0 Å². The molecule has 0 spiro atoms. The molecule has 2 aliphatic heterocycles. The monoisotopic (exact) mass is 369 g/mol. The van der Waals surface area contributed by atoms with Gasteiger partial charge in [-0.05, 0) is 57.9 Å². The van der Waals surface area contributed by atoms with Crippen LogP contribution in [0.25, 0.3) is 6.08 Å². The minimum absolute atomic E-state index is 0.169. The Balaban J connectivity index is 1.62. The summed E-state index contributed by atoms with van der Waals surface area (Å²) >= 11 is 0. The second-order valence-corrected chi connectivity index (χ2v) is 7.96. The van der Waals surface area contributed by atoms with E-state index < -0.39 is 24.0 Å². The van der Waals surface area contributed by atoms with Gasteiger partial charge in [0, 0.05) is 18.5 Å². The Kier molecular flexibility index (Phi) is 5.46. The summed E-state index contributed by atoms with van der Waals surface area (Å²) in [5, 5.41) is 0. The zero-order chi connectivity index (χ0) is 19.7. The van der Waals surface area contributed by atoms with Gasteiger partial charge in [0.15, 0.2) is 0 Å². The molecule has 2 aliphatic rings. The molecule has 0 N–H and O–H groups in total. The molecule has 0 aromatic heterocycles. The number of carbonyl (C=O) groups excluding carboxylic acids is 1. The molecule has 2 heterocycles. The van der Waals surface area contributed by atoms with Crippen molar-refractivity contribution in [1.29, 1.82) is 0 Å². The van der Waals surface area contributed by atoms with Crippen LogP contribution in [0.3, 0.4) is 0 Å². The highest BCUT2D eigenvalue weighted by Crippen LogP contribution is 2.39. The van der Waals surface area contributed by atoms with Gasteiger partial charge >= 0.3 is 7.12 Å². The maximum absolute atomic E-state index is 14.5. The SMILES string of the molecule is CC1(C)OB(C(F)=Cc2ccc(C#CCN3CCCC3=O)cc2)OC1(C)C. The first-order chi connectivity index (χ1) is 12.7. The van der Waals surface area contributed by atoms with Gasteiger partial charge in [0.25, 0.3) is 0 Å². The van der Waals surface area contributed by atoms with Crippen LogP contribution in [0.1, 0.15) is 51.7 Å². The fourth-order valence-electron chi connectivity index (χ4n) is 2.95. The van der Waals surface area contributed by atoms with E-state index >= 15 is 0 Å². The first-order valence-corrected chi connectivity index (χ1v) is 9.27. The Morgan fingerprint density at radius 1 is 1.22 bits per heavy atom. The average Bonchev–Trinajstić information content (AvgIpc) is 3.09. The molecule has 1 aromatic rings. The molecule has 142 valence electrons. The van der Waals surface area contributed by atoms with Gasteiger partial charge in [0.1, 0.15) is 5.73 Å². The Hall–Kier alpha value is -2.10. The summed E-state index contributed by atoms with van der Waals surface area (Å²) in [5.41, 5.74) is -0.0600. The van der Waals surface area contributed by atoms with Crippen molar-refractivity contribution in [3.05, 3.63) is 41.1 Å². The van der Waals surface area contributed by atoms with Crippen LogP contribution in [-0.4, -0.2) is 42.2 Å². The molecule has 1 amide bonds. The van der Waals surface area contributed by atoms with Gasteiger partial charge in [0.05, 0.1) is 17.7 Å². The number of nitrogens with zero attached hydrogens (tertiary/aromatic N) is 1. The Bertz CT molecular complexity index is 789. The zero-order valence-electron chi connectivity index (χ0n) is 16.3. The summed E-state index contributed by atoms with van der Waals surface area (Å²) in [5.74, 6) is 6.23. The van der Waals surface area contributed by atoms with Crippen LogP contribution >= 0.6 is 0 Å². The minimum Gasteiger partial charge on any atom is -0.398 e. The van der Waals surface area contributed by atoms with E-state index in [2.05, 4.69) is 11.8 Å². The first-order valence-electron chi connectivity index (χ1n) is 9.27. The van der Waals surface area contributed by atoms with E-state index in [1.807, 2.05) is 39.8 Å². The number of hydrogen-bond donors (Lipinski definition) is 0. The van der Waals surface area contributed by atoms with Crippen LogP contribution in [0.4, 0.5) is 4.39 Å². The molecule has 2 saturated heterocycles. The summed E-state index contributed by atoms with van der Waals surface area (Å²) in [6.07, 6.45) is 2.95. The van der Waals surface area contributed by atoms with Crippen molar-refractivity contribution in [1.82, 2.24) is 4.90 Å². The highest BCUT2D eigenvalue weighted by Gasteiger charge is 2.53. The summed E-state index contributed by atoms with van der Waals surface area (Å²) in [4.78, 5) is 13.3. The van der Waals surface area contributed by atoms with E-state index in [-0.39, 0.29) is 5.91 Å². The number of halogens is 1. The molecule has 0 bridgehead atoms. The standard InChI is InChI=1S/C21H25BFNO3/c1-20(2)21(3,4)27-22(26-20)18(23)15-17-11-9-16(10-12-17)7-5-13-24-14-6-8-19(24)25/h9-12,15H,6,8,13-14H2,1-4H3. The van der Waals surface area contributed by atoms with Crippen LogP contribution in [-0.2, 0) is 14.1 Å². The van der Waals surface area contributed by atoms with Crippen LogP contribution in [0, 0.1) is 11.8 Å². The lowest BCUT2D eigenvalue weighted by molar-refractivity contribution is -0.127. The lowest BCUT2D eigenvalue weighted by atomic mass is 9.87. The molecule has 1 aromatic carbocycles. The molecule has 0 atom stereocenters. The molecular formula is C21H25BFNO3. The lowest BCUT2D eigenvalue weighted by Crippen LogP contribution is -2.41. The van der Waals surface area contributed by atoms with E-state index in [9.17, 15) is 9.18 Å². The van der Waals surface area contributed by atoms with Crippen molar-refractivity contribution in [2.24, 2.45) is 0 Å². The summed E-state index contributed by atoms with van der Waals surface area (Å²) in [6, 6.07) is 7.27. The van der Waals surface area contributed by atoms with E-state index in [0.717, 1.165) is 18.5 Å². The molecule has 6 heteroatoms. The highest BCUT2D eigenvalue weighted by atomic mass is 19.1. The van der Waals surface area contributed by atoms with Crippen LogP contribution in [0.2, 0.25) is 0 Å². The molecule has 0 saturated carbocycles. The molecule has 3 rings (SSSR count). The number of benzene rings is 1. The third kappa shape index (κ3) is 4.43. The van der Waals surface area contributed by atoms with Crippen molar-refractivity contribution >= 4 is 19.1 Å². The van der Waals surface area contributed by atoms with E-state index in [1.54, 1.807) is 17.0 Å². The third-order valence-electron chi connectivity index (χ3n) is 5.37. The van der Waals surface area contributed by atoms with E-state index in [1.165, 1.54) is 6.08 Å². The van der Waals surface area contributed by atoms with Crippen LogP contribution in [0.5, 0.6) is 0 Å². The zero-order valence-corrected chi connectivity index (χ0v) is 16.3. The quantitative estimate of drug-likeness (QED) is 0.604. The number of rotatable bonds is 3. The van der Waals surface area contributed by atoms with Crippen molar-refractivity contribution < 1.29 is 18.5 Å². The summed E-state index contributed by atoms with van der Waals surface area (Å²) in [7, 11) is -0.993. The molecule has 0 unspecified atom stereocenters. The second kappa shape index (κ2) is 7.50. The second-order valence-electron chi connectivity index (χ2n) is 7.96. The van der Waals surface area contributed by atoms with Gasteiger partial charge < -0.3 is 14.2 Å². The molecule has 4 nitrogen and oxygen atoms in total. The maximum atomic E-state index is 14.5.